The first kappa shape index (κ1) is 44.3. The number of hydrogen-bond acceptors (Lipinski definition) is 10. The number of rotatable bonds is 11. The van der Waals surface area contributed by atoms with Crippen LogP contribution in [0.3, 0.4) is 0 Å². The van der Waals surface area contributed by atoms with Gasteiger partial charge in [0.1, 0.15) is 6.10 Å². The van der Waals surface area contributed by atoms with E-state index in [1.165, 1.54) is 30.3 Å². The molecule has 1 N–H and O–H groups in total. The summed E-state index contributed by atoms with van der Waals surface area (Å²) in [5.41, 5.74) is -3.56. The van der Waals surface area contributed by atoms with E-state index < -0.39 is 97.4 Å². The summed E-state index contributed by atoms with van der Waals surface area (Å²) >= 11 is 0. The van der Waals surface area contributed by atoms with Gasteiger partial charge in [0, 0.05) is 31.3 Å². The molecule has 0 unspecified atom stereocenters. The second-order valence-electron chi connectivity index (χ2n) is 18.0. The monoisotopic (exact) mass is 847 g/mol. The highest BCUT2D eigenvalue weighted by Crippen LogP contribution is 2.58. The van der Waals surface area contributed by atoms with E-state index in [9.17, 15) is 36.0 Å². The molecule has 1 aromatic heterocycles. The average molecular weight is 848 g/mol. The number of amides is 2. The minimum absolute atomic E-state index is 0.0123. The number of alkyl halides is 2. The third-order valence-electron chi connectivity index (χ3n) is 13.2. The third-order valence-corrected chi connectivity index (χ3v) is 15.4. The summed E-state index contributed by atoms with van der Waals surface area (Å²) in [7, 11) is -2.69. The van der Waals surface area contributed by atoms with Crippen LogP contribution in [0.5, 0.6) is 11.6 Å². The minimum atomic E-state index is -4.03. The molecule has 2 aromatic rings. The molecule has 59 heavy (non-hydrogen) atoms. The maximum atomic E-state index is 15.0. The Labute approximate surface area is 344 Å². The van der Waals surface area contributed by atoms with Crippen molar-refractivity contribution in [3.8, 4) is 11.6 Å². The van der Waals surface area contributed by atoms with Crippen molar-refractivity contribution in [2.24, 2.45) is 29.1 Å². The van der Waals surface area contributed by atoms with Gasteiger partial charge in [-0.15, -0.1) is 0 Å². The van der Waals surface area contributed by atoms with Gasteiger partial charge >= 0.3 is 5.97 Å². The highest BCUT2D eigenvalue weighted by Gasteiger charge is 2.63. The lowest BCUT2D eigenvalue weighted by molar-refractivity contribution is -0.197. The van der Waals surface area contributed by atoms with E-state index in [1.54, 1.807) is 13.0 Å². The molecular weight excluding hydrogens is 792 g/mol. The number of hydrogen-bond donors (Lipinski definition) is 1. The molecule has 6 rings (SSSR count). The molecule has 16 heteroatoms. The molecule has 2 aliphatic heterocycles. The summed E-state index contributed by atoms with van der Waals surface area (Å²) in [5.74, 6) is -8.67. The number of carbonyl (C=O) groups is 4. The van der Waals surface area contributed by atoms with Crippen LogP contribution in [0.15, 0.2) is 36.5 Å². The van der Waals surface area contributed by atoms with Crippen molar-refractivity contribution in [1.29, 1.82) is 0 Å². The summed E-state index contributed by atoms with van der Waals surface area (Å²) in [6, 6.07) is 3.18. The van der Waals surface area contributed by atoms with Gasteiger partial charge in [-0.05, 0) is 101 Å². The number of methoxy groups -OCH3 is 1. The van der Waals surface area contributed by atoms with Crippen molar-refractivity contribution in [1.82, 2.24) is 14.6 Å². The van der Waals surface area contributed by atoms with Crippen LogP contribution in [-0.4, -0.2) is 83.9 Å². The number of halogens is 3. The molecule has 12 nitrogen and oxygen atoms in total. The first-order valence-electron chi connectivity index (χ1n) is 20.5. The van der Waals surface area contributed by atoms with E-state index in [4.69, 9.17) is 14.2 Å². The Bertz CT molecular complexity index is 2120. The number of Topliss-reactive ketones (excluding diaryl/α,β-unsaturated/α-hetero) is 1. The molecular formula is C43H56F3N3O9S. The number of fused-ring (bicyclic) bond motifs is 3. The van der Waals surface area contributed by atoms with E-state index in [2.05, 4.69) is 9.71 Å². The lowest BCUT2D eigenvalue weighted by Gasteiger charge is -2.35. The molecule has 324 valence electrons. The second kappa shape index (κ2) is 16.3. The number of nitrogens with zero attached hydrogens (tertiary/aromatic N) is 2. The molecule has 3 fully saturated rings. The summed E-state index contributed by atoms with van der Waals surface area (Å²) < 4.78 is 88.4. The highest BCUT2D eigenvalue weighted by atomic mass is 32.2. The predicted molar refractivity (Wildman–Crippen MR) is 212 cm³/mol. The number of pyridine rings is 1. The molecule has 0 radical (unpaired) electrons. The van der Waals surface area contributed by atoms with Crippen LogP contribution in [0.2, 0.25) is 0 Å². The fraction of sp³-hybridized carbons (Fsp3) is 0.651. The molecule has 2 aliphatic carbocycles. The number of allylic oxidation sites excluding steroid dienone is 2. The Morgan fingerprint density at radius 3 is 2.47 bits per heavy atom. The van der Waals surface area contributed by atoms with E-state index in [-0.39, 0.29) is 43.4 Å². The Morgan fingerprint density at radius 1 is 1.12 bits per heavy atom. The van der Waals surface area contributed by atoms with Gasteiger partial charge in [0.25, 0.3) is 5.92 Å². The Morgan fingerprint density at radius 2 is 1.83 bits per heavy atom. The van der Waals surface area contributed by atoms with Crippen LogP contribution in [-0.2, 0) is 33.9 Å². The first-order valence-corrected chi connectivity index (χ1v) is 22.0. The molecule has 4 aliphatic rings. The lowest BCUT2D eigenvalue weighted by Crippen LogP contribution is -2.49. The number of carbonyl (C=O) groups excluding carboxylic acids is 4. The zero-order valence-corrected chi connectivity index (χ0v) is 35.6. The van der Waals surface area contributed by atoms with E-state index >= 15 is 4.79 Å². The number of aromatic nitrogens is 1. The van der Waals surface area contributed by atoms with Gasteiger partial charge in [0.2, 0.25) is 27.7 Å². The fourth-order valence-corrected chi connectivity index (χ4v) is 9.83. The average Bonchev–Trinajstić information content (AvgIpc) is 4.03. The van der Waals surface area contributed by atoms with Crippen LogP contribution in [0, 0.1) is 34.9 Å². The molecule has 0 bridgehead atoms. The van der Waals surface area contributed by atoms with Crippen LogP contribution in [0.4, 0.5) is 13.2 Å². The van der Waals surface area contributed by atoms with Crippen molar-refractivity contribution in [2.45, 2.75) is 134 Å². The van der Waals surface area contributed by atoms with Gasteiger partial charge in [-0.1, -0.05) is 32.4 Å². The summed E-state index contributed by atoms with van der Waals surface area (Å²) in [4.78, 5) is 62.9. The summed E-state index contributed by atoms with van der Waals surface area (Å²) in [6.45, 7) is 8.16. The standard InChI is InChI=1S/C43H56F3N3O9S/c1-8-26-17-25(2)11-9-10-12-28-22-43(28,39(53)48-59(54,55)41(5)14-15-41)23-34(50)33-19-29(57-37-30-20-32(44)35(56-7)18-27(30)13-16-47-37)24-49(33)38(52)31(26)21-36(51)58-40(3,4)42(6,45)46/h10,12-13,16,18,20,25-26,28-29,31,33H,8-9,11,14-15,17,19,21-24H2,1-7H3,(H,48,53)/b12-10-/t25-,26-,28-,29-,31+,33+,43-/m1/s1. The minimum Gasteiger partial charge on any atom is -0.494 e. The maximum Gasteiger partial charge on any atom is 0.307 e. The van der Waals surface area contributed by atoms with Crippen molar-refractivity contribution < 1.29 is 55.0 Å². The quantitative estimate of drug-likeness (QED) is 0.183. The Kier molecular flexibility index (Phi) is 12.3. The highest BCUT2D eigenvalue weighted by molar-refractivity contribution is 7.91. The number of ketones is 1. The number of nitrogens with one attached hydrogen (secondary N) is 1. The van der Waals surface area contributed by atoms with Crippen molar-refractivity contribution >= 4 is 44.4 Å². The molecule has 2 amide bonds. The van der Waals surface area contributed by atoms with Gasteiger partial charge in [-0.3, -0.25) is 23.9 Å². The largest absolute Gasteiger partial charge is 0.494 e. The number of esters is 1. The van der Waals surface area contributed by atoms with Crippen LogP contribution >= 0.6 is 0 Å². The second-order valence-corrected chi connectivity index (χ2v) is 20.2. The zero-order valence-electron chi connectivity index (χ0n) is 34.8. The lowest BCUT2D eigenvalue weighted by atomic mass is 9.79. The summed E-state index contributed by atoms with van der Waals surface area (Å²) in [6.07, 6.45) is 6.75. The SMILES string of the molecule is CC[C@@H]1C[C@H](C)CC/C=C\[C@@H]2C[C@@]2(C(=O)NS(=O)(=O)C2(C)CC2)CC(=O)[C@@H]2C[C@@H](Oc3nccc4cc(OC)c(F)cc34)CN2C(=O)[C@H]1CC(=O)OC(C)(C)C(C)(F)F. The van der Waals surface area contributed by atoms with E-state index in [1.807, 2.05) is 26.0 Å². The normalized spacial score (nSPS) is 29.4. The topological polar surface area (TPSA) is 158 Å². The predicted octanol–water partition coefficient (Wildman–Crippen LogP) is 7.08. The third kappa shape index (κ3) is 9.12. The zero-order chi connectivity index (χ0) is 43.3. The van der Waals surface area contributed by atoms with Crippen molar-refractivity contribution in [3.63, 3.8) is 0 Å². The maximum absolute atomic E-state index is 15.0. The molecule has 0 spiro atoms. The van der Waals surface area contributed by atoms with Crippen molar-refractivity contribution in [3.05, 3.63) is 42.4 Å². The Hall–Kier alpha value is -4.21. The number of benzene rings is 1. The number of ether oxygens (including phenoxy) is 3. The molecule has 2 saturated carbocycles. The van der Waals surface area contributed by atoms with Crippen LogP contribution in [0.25, 0.3) is 10.8 Å². The summed E-state index contributed by atoms with van der Waals surface area (Å²) in [5, 5.41) is 0.876. The molecule has 1 saturated heterocycles. The number of sulfonamides is 1. The Balaban J connectivity index is 1.38. The van der Waals surface area contributed by atoms with Gasteiger partial charge in [0.05, 0.1) is 42.2 Å². The smallest absolute Gasteiger partial charge is 0.307 e. The molecule has 3 heterocycles. The van der Waals surface area contributed by atoms with Crippen LogP contribution < -0.4 is 14.2 Å². The van der Waals surface area contributed by atoms with Gasteiger partial charge in [-0.25, -0.2) is 26.6 Å². The van der Waals surface area contributed by atoms with Crippen LogP contribution in [0.1, 0.15) is 106 Å². The van der Waals surface area contributed by atoms with Gasteiger partial charge in [-0.2, -0.15) is 0 Å². The van der Waals surface area contributed by atoms with Crippen molar-refractivity contribution in [2.75, 3.05) is 13.7 Å². The fourth-order valence-electron chi connectivity index (χ4n) is 8.49. The van der Waals surface area contributed by atoms with E-state index in [0.29, 0.717) is 56.2 Å². The molecule has 7 atom stereocenters. The van der Waals surface area contributed by atoms with E-state index in [0.717, 1.165) is 13.8 Å². The molecule has 1 aromatic carbocycles. The van der Waals surface area contributed by atoms with Gasteiger partial charge < -0.3 is 19.1 Å². The first-order chi connectivity index (χ1) is 27.5. The van der Waals surface area contributed by atoms with Gasteiger partial charge in [0.15, 0.2) is 23.0 Å².